The molecule has 3 aliphatic carbocycles. The molecule has 2 heteroatoms. The van der Waals surface area contributed by atoms with Crippen LogP contribution in [0.4, 0.5) is 0 Å². The van der Waals surface area contributed by atoms with Crippen molar-refractivity contribution in [2.75, 3.05) is 0 Å². The SMILES string of the molecule is c1ccc(-c2cc(-c3ccccc3)nc(-c3ccc(-c4cccc5c4C4(c6ccccc6-c6ccccc64)c4ccccc4C54c5ccccc5-c5ccccc54)cc3)n2)cc1. The van der Waals surface area contributed by atoms with Crippen molar-refractivity contribution in [3.05, 3.63) is 275 Å². The Balaban J connectivity index is 1.09. The number of fused-ring (bicyclic) bond motifs is 16. The topological polar surface area (TPSA) is 25.8 Å². The van der Waals surface area contributed by atoms with Crippen molar-refractivity contribution in [3.63, 3.8) is 0 Å². The molecule has 3 aliphatic rings. The summed E-state index contributed by atoms with van der Waals surface area (Å²) in [5.74, 6) is 0.703. The first kappa shape index (κ1) is 34.9. The van der Waals surface area contributed by atoms with Gasteiger partial charge < -0.3 is 0 Å². The number of rotatable bonds is 4. The van der Waals surface area contributed by atoms with Crippen LogP contribution in [-0.2, 0) is 10.8 Å². The van der Waals surface area contributed by atoms with Gasteiger partial charge in [0.15, 0.2) is 5.82 Å². The molecule has 0 fully saturated rings. The van der Waals surface area contributed by atoms with E-state index in [4.69, 9.17) is 9.97 Å². The summed E-state index contributed by atoms with van der Waals surface area (Å²) in [5, 5.41) is 0. The van der Waals surface area contributed by atoms with E-state index in [0.29, 0.717) is 5.82 Å². The number of aromatic nitrogens is 2. The second-order valence-corrected chi connectivity index (χ2v) is 16.7. The van der Waals surface area contributed by atoms with Gasteiger partial charge in [0.2, 0.25) is 0 Å². The Kier molecular flexibility index (Phi) is 7.47. The van der Waals surface area contributed by atoms with Gasteiger partial charge in [0, 0.05) is 16.7 Å². The summed E-state index contributed by atoms with van der Waals surface area (Å²) in [5.41, 5.74) is 22.0. The number of benzene rings is 9. The fourth-order valence-corrected chi connectivity index (χ4v) is 11.4. The van der Waals surface area contributed by atoms with Gasteiger partial charge in [-0.2, -0.15) is 0 Å². The first-order valence-corrected chi connectivity index (χ1v) is 21.5. The highest BCUT2D eigenvalue weighted by Crippen LogP contribution is 2.68. The summed E-state index contributed by atoms with van der Waals surface area (Å²) >= 11 is 0. The number of hydrogen-bond donors (Lipinski definition) is 0. The Morgan fingerprint density at radius 3 is 1.08 bits per heavy atom. The van der Waals surface area contributed by atoms with E-state index in [1.807, 2.05) is 12.1 Å². The average Bonchev–Trinajstić information content (AvgIpc) is 3.82. The van der Waals surface area contributed by atoms with Crippen LogP contribution in [0.25, 0.3) is 67.3 Å². The molecule has 0 atom stereocenters. The highest BCUT2D eigenvalue weighted by Gasteiger charge is 2.59. The molecule has 0 N–H and O–H groups in total. The second kappa shape index (κ2) is 13.3. The molecule has 0 saturated carbocycles. The van der Waals surface area contributed by atoms with Gasteiger partial charge >= 0.3 is 0 Å². The molecule has 288 valence electrons. The van der Waals surface area contributed by atoms with Gasteiger partial charge in [0.25, 0.3) is 0 Å². The minimum absolute atomic E-state index is 0.535. The van der Waals surface area contributed by atoms with Crippen LogP contribution < -0.4 is 0 Å². The van der Waals surface area contributed by atoms with E-state index < -0.39 is 10.8 Å². The Bertz CT molecular complexity index is 3250. The first-order chi connectivity index (χ1) is 30.8. The molecule has 2 nitrogen and oxygen atoms in total. The molecule has 10 aromatic rings. The lowest BCUT2D eigenvalue weighted by molar-refractivity contribution is 0.634. The fourth-order valence-electron chi connectivity index (χ4n) is 11.4. The van der Waals surface area contributed by atoms with Crippen LogP contribution in [0.5, 0.6) is 0 Å². The Morgan fingerprint density at radius 1 is 0.242 bits per heavy atom. The normalized spacial score (nSPS) is 14.1. The van der Waals surface area contributed by atoms with E-state index in [1.54, 1.807) is 0 Å². The van der Waals surface area contributed by atoms with E-state index in [9.17, 15) is 0 Å². The van der Waals surface area contributed by atoms with Gasteiger partial charge in [-0.15, -0.1) is 0 Å². The van der Waals surface area contributed by atoms with Crippen LogP contribution in [0.15, 0.2) is 231 Å². The molecule has 2 spiro atoms. The molecule has 0 radical (unpaired) electrons. The van der Waals surface area contributed by atoms with Gasteiger partial charge in [-0.25, -0.2) is 9.97 Å². The van der Waals surface area contributed by atoms with Gasteiger partial charge in [-0.05, 0) is 84.0 Å². The van der Waals surface area contributed by atoms with Crippen molar-refractivity contribution >= 4 is 0 Å². The summed E-state index contributed by atoms with van der Waals surface area (Å²) in [7, 11) is 0. The van der Waals surface area contributed by atoms with Crippen LogP contribution in [-0.4, -0.2) is 9.97 Å². The van der Waals surface area contributed by atoms with E-state index in [1.165, 1.54) is 72.3 Å². The smallest absolute Gasteiger partial charge is 0.160 e. The zero-order chi connectivity index (χ0) is 40.8. The summed E-state index contributed by atoms with van der Waals surface area (Å²) < 4.78 is 0. The quantitative estimate of drug-likeness (QED) is 0.178. The molecule has 1 aromatic heterocycles. The van der Waals surface area contributed by atoms with E-state index in [2.05, 4.69) is 218 Å². The number of hydrogen-bond acceptors (Lipinski definition) is 2. The molecular formula is C60H38N2. The number of nitrogens with zero attached hydrogens (tertiary/aromatic N) is 2. The predicted molar refractivity (Wildman–Crippen MR) is 252 cm³/mol. The molecule has 13 rings (SSSR count). The third-order valence-corrected chi connectivity index (χ3v) is 13.8. The lowest BCUT2D eigenvalue weighted by Crippen LogP contribution is -2.44. The maximum Gasteiger partial charge on any atom is 0.160 e. The Hall–Kier alpha value is -7.94. The average molecular weight is 787 g/mol. The highest BCUT2D eigenvalue weighted by molar-refractivity contribution is 5.96. The molecule has 0 bridgehead atoms. The molecule has 1 heterocycles. The Labute approximate surface area is 361 Å². The van der Waals surface area contributed by atoms with Crippen molar-refractivity contribution in [1.82, 2.24) is 9.97 Å². The molecular weight excluding hydrogens is 749 g/mol. The van der Waals surface area contributed by atoms with E-state index >= 15 is 0 Å². The third-order valence-electron chi connectivity index (χ3n) is 13.8. The summed E-state index contributed by atoms with van der Waals surface area (Å²) in [6.07, 6.45) is 0. The minimum atomic E-state index is -0.580. The zero-order valence-corrected chi connectivity index (χ0v) is 33.8. The summed E-state index contributed by atoms with van der Waals surface area (Å²) in [6, 6.07) is 84.8. The van der Waals surface area contributed by atoms with Crippen molar-refractivity contribution in [2.24, 2.45) is 0 Å². The second-order valence-electron chi connectivity index (χ2n) is 16.7. The van der Waals surface area contributed by atoms with Crippen LogP contribution in [0.2, 0.25) is 0 Å². The fraction of sp³-hybridized carbons (Fsp3) is 0.0333. The predicted octanol–water partition coefficient (Wildman–Crippen LogP) is 14.2. The van der Waals surface area contributed by atoms with E-state index in [0.717, 1.165) is 33.6 Å². The van der Waals surface area contributed by atoms with Gasteiger partial charge in [-0.3, -0.25) is 0 Å². The van der Waals surface area contributed by atoms with Crippen LogP contribution in [0.1, 0.15) is 44.5 Å². The van der Waals surface area contributed by atoms with Crippen molar-refractivity contribution < 1.29 is 0 Å². The Morgan fingerprint density at radius 2 is 0.597 bits per heavy atom. The molecule has 62 heavy (non-hydrogen) atoms. The van der Waals surface area contributed by atoms with E-state index in [-0.39, 0.29) is 0 Å². The summed E-state index contributed by atoms with van der Waals surface area (Å²) in [4.78, 5) is 10.4. The summed E-state index contributed by atoms with van der Waals surface area (Å²) in [6.45, 7) is 0. The van der Waals surface area contributed by atoms with Crippen LogP contribution in [0, 0.1) is 0 Å². The van der Waals surface area contributed by atoms with Gasteiger partial charge in [0.05, 0.1) is 22.2 Å². The molecule has 0 unspecified atom stereocenters. The standard InChI is InChI=1S/C60H38N2/c1-3-18-40(19-4-1)55-38-56(41-20-5-2-6-21-41)62-58(61-55)42-36-34-39(35-37-42)43-26-17-33-54-57(43)60(50-29-13-9-24-46(50)47-25-10-14-30-51(47)60)53-32-16-15-31-52(53)59(54)48-27-11-7-22-44(48)45-23-8-12-28-49(45)59/h1-38H. The van der Waals surface area contributed by atoms with Crippen molar-refractivity contribution in [2.45, 2.75) is 10.8 Å². The van der Waals surface area contributed by atoms with Crippen LogP contribution in [0.3, 0.4) is 0 Å². The highest BCUT2D eigenvalue weighted by atomic mass is 14.9. The minimum Gasteiger partial charge on any atom is -0.228 e. The van der Waals surface area contributed by atoms with Gasteiger partial charge in [0.1, 0.15) is 0 Å². The van der Waals surface area contributed by atoms with Crippen molar-refractivity contribution in [1.29, 1.82) is 0 Å². The lowest BCUT2D eigenvalue weighted by Gasteiger charge is -2.49. The lowest BCUT2D eigenvalue weighted by atomic mass is 9.51. The van der Waals surface area contributed by atoms with Crippen LogP contribution >= 0.6 is 0 Å². The molecule has 0 saturated heterocycles. The largest absolute Gasteiger partial charge is 0.228 e. The van der Waals surface area contributed by atoms with Gasteiger partial charge in [-0.1, -0.05) is 224 Å². The van der Waals surface area contributed by atoms with Crippen molar-refractivity contribution in [3.8, 4) is 67.3 Å². The molecule has 9 aromatic carbocycles. The first-order valence-electron chi connectivity index (χ1n) is 21.5. The maximum atomic E-state index is 5.18. The monoisotopic (exact) mass is 786 g/mol. The molecule has 0 aliphatic heterocycles. The molecule has 0 amide bonds. The third kappa shape index (κ3) is 4.64. The maximum absolute atomic E-state index is 5.18. The zero-order valence-electron chi connectivity index (χ0n) is 33.8.